The van der Waals surface area contributed by atoms with E-state index in [2.05, 4.69) is 35.8 Å². The fourth-order valence-electron chi connectivity index (χ4n) is 5.63. The SMILES string of the molecule is C1=COCCC1.O=C(Nc1ccc(O)cn1)c1ccc2[nH]ncc2c1.O=C(O)c1ccc2[nH]ncc2c1.O=C(O)c1ccc2c(cnn2C2CCCCO2)c1. The standard InChI is InChI=1S/C13H10N4O2.C13H14N2O3.C8H6N2O2.C5H8O/c18-10-2-4-12(14-7-10)16-13(19)8-1-3-11-9(5-8)6-15-17-11;16-13(17)9-4-5-11-10(7-9)8-14-15(11)12-3-1-2-6-18-12;11-8(12)5-1-2-7-6(3-5)4-9-10-7;1-2-4-6-5-3-1/h1-7,18H,(H,15,17)(H,14,16,19);4-5,7-8,12H,1-3,6H2,(H,16,17);1-4H,(H,9,10)(H,11,12);2,4H,1,3,5H2. The van der Waals surface area contributed by atoms with E-state index in [1.807, 2.05) is 10.8 Å². The summed E-state index contributed by atoms with van der Waals surface area (Å²) in [5.74, 6) is -1.66. The number of carbonyl (C=O) groups is 3. The van der Waals surface area contributed by atoms with Crippen LogP contribution in [0, 0.1) is 0 Å². The number of aromatic hydroxyl groups is 1. The van der Waals surface area contributed by atoms with E-state index in [1.54, 1.807) is 79.4 Å². The number of allylic oxidation sites excluding steroid dienone is 1. The van der Waals surface area contributed by atoms with Crippen molar-refractivity contribution >= 4 is 56.4 Å². The Bertz CT molecular complexity index is 2400. The topological polar surface area (TPSA) is 230 Å². The Labute approximate surface area is 313 Å². The zero-order chi connectivity index (χ0) is 38.6. The van der Waals surface area contributed by atoms with Gasteiger partial charge >= 0.3 is 11.9 Å². The van der Waals surface area contributed by atoms with E-state index in [1.165, 1.54) is 31.2 Å². The van der Waals surface area contributed by atoms with Crippen molar-refractivity contribution in [3.8, 4) is 5.75 Å². The molecule has 1 amide bonds. The molecule has 0 bridgehead atoms. The van der Waals surface area contributed by atoms with Crippen LogP contribution in [0.1, 0.15) is 69.4 Å². The second-order valence-corrected chi connectivity index (χ2v) is 12.4. The molecule has 16 nitrogen and oxygen atoms in total. The van der Waals surface area contributed by atoms with E-state index in [-0.39, 0.29) is 29.0 Å². The maximum atomic E-state index is 12.0. The van der Waals surface area contributed by atoms with Gasteiger partial charge in [-0.2, -0.15) is 15.3 Å². The number of carboxylic acid groups (broad SMARTS) is 2. The fraction of sp³-hybridized carbons (Fsp3) is 0.205. The van der Waals surface area contributed by atoms with Gasteiger partial charge in [0.15, 0.2) is 6.23 Å². The van der Waals surface area contributed by atoms with E-state index in [0.29, 0.717) is 11.4 Å². The first kappa shape index (κ1) is 37.7. The number of H-pyrrole nitrogens is 2. The van der Waals surface area contributed by atoms with Crippen molar-refractivity contribution in [3.05, 3.63) is 121 Å². The summed E-state index contributed by atoms with van der Waals surface area (Å²) >= 11 is 0. The molecule has 1 unspecified atom stereocenters. The molecule has 2 aliphatic heterocycles. The number of benzene rings is 3. The number of hydrogen-bond donors (Lipinski definition) is 6. The number of aromatic nitrogens is 7. The maximum Gasteiger partial charge on any atom is 0.335 e. The minimum atomic E-state index is -0.918. The van der Waals surface area contributed by atoms with Crippen molar-refractivity contribution in [3.63, 3.8) is 0 Å². The third-order valence-electron chi connectivity index (χ3n) is 8.48. The molecule has 6 heterocycles. The van der Waals surface area contributed by atoms with Crippen molar-refractivity contribution in [1.29, 1.82) is 0 Å². The largest absolute Gasteiger partial charge is 0.506 e. The van der Waals surface area contributed by atoms with Crippen LogP contribution >= 0.6 is 0 Å². The first-order chi connectivity index (χ1) is 26.7. The van der Waals surface area contributed by atoms with Crippen LogP contribution in [0.5, 0.6) is 5.75 Å². The van der Waals surface area contributed by atoms with E-state index in [9.17, 15) is 14.4 Å². The normalized spacial score (nSPS) is 14.7. The van der Waals surface area contributed by atoms with E-state index in [0.717, 1.165) is 65.2 Å². The molecule has 0 aliphatic carbocycles. The number of aromatic amines is 2. The zero-order valence-corrected chi connectivity index (χ0v) is 29.5. The van der Waals surface area contributed by atoms with Crippen LogP contribution in [0.2, 0.25) is 0 Å². The number of ether oxygens (including phenoxy) is 2. The van der Waals surface area contributed by atoms with Crippen molar-refractivity contribution in [2.24, 2.45) is 0 Å². The van der Waals surface area contributed by atoms with Crippen LogP contribution in [0.4, 0.5) is 5.82 Å². The molecule has 1 fully saturated rings. The van der Waals surface area contributed by atoms with Gasteiger partial charge in [0.05, 0.1) is 65.3 Å². The van der Waals surface area contributed by atoms with Crippen LogP contribution < -0.4 is 5.32 Å². The average molecular weight is 747 g/mol. The third-order valence-corrected chi connectivity index (χ3v) is 8.48. The summed E-state index contributed by atoms with van der Waals surface area (Å²) in [6, 6.07) is 18.1. The molecule has 0 radical (unpaired) electrons. The van der Waals surface area contributed by atoms with E-state index in [4.69, 9.17) is 24.8 Å². The summed E-state index contributed by atoms with van der Waals surface area (Å²) in [6.07, 6.45) is 15.6. The Morgan fingerprint density at radius 2 is 1.42 bits per heavy atom. The van der Waals surface area contributed by atoms with Crippen molar-refractivity contribution in [2.45, 2.75) is 38.3 Å². The Kier molecular flexibility index (Phi) is 12.4. The number of carboxylic acids is 2. The Morgan fingerprint density at radius 3 is 1.98 bits per heavy atom. The van der Waals surface area contributed by atoms with Gasteiger partial charge in [0.25, 0.3) is 5.91 Å². The van der Waals surface area contributed by atoms with Crippen molar-refractivity contribution in [2.75, 3.05) is 18.5 Å². The number of pyridine rings is 1. The van der Waals surface area contributed by atoms with E-state index < -0.39 is 11.9 Å². The number of carbonyl (C=O) groups excluding carboxylic acids is 1. The number of anilines is 1. The Morgan fingerprint density at radius 1 is 0.745 bits per heavy atom. The van der Waals surface area contributed by atoms with Gasteiger partial charge in [-0.05, 0) is 105 Å². The highest BCUT2D eigenvalue weighted by molar-refractivity contribution is 6.05. The second-order valence-electron chi connectivity index (χ2n) is 12.4. The molecule has 9 rings (SSSR count). The summed E-state index contributed by atoms with van der Waals surface area (Å²) in [5, 5.41) is 49.4. The fourth-order valence-corrected chi connectivity index (χ4v) is 5.63. The van der Waals surface area contributed by atoms with Gasteiger partial charge in [-0.15, -0.1) is 0 Å². The molecule has 0 saturated carbocycles. The van der Waals surface area contributed by atoms with Gasteiger partial charge < -0.3 is 30.1 Å². The van der Waals surface area contributed by atoms with Crippen LogP contribution in [0.15, 0.2) is 104 Å². The zero-order valence-electron chi connectivity index (χ0n) is 29.5. The predicted molar refractivity (Wildman–Crippen MR) is 203 cm³/mol. The van der Waals surface area contributed by atoms with Crippen molar-refractivity contribution in [1.82, 2.24) is 35.2 Å². The smallest absolute Gasteiger partial charge is 0.335 e. The molecule has 282 valence electrons. The van der Waals surface area contributed by atoms with Gasteiger partial charge in [0.2, 0.25) is 0 Å². The highest BCUT2D eigenvalue weighted by atomic mass is 16.5. The van der Waals surface area contributed by atoms with Gasteiger partial charge in [0.1, 0.15) is 11.6 Å². The Balaban J connectivity index is 0.000000133. The lowest BCUT2D eigenvalue weighted by Gasteiger charge is -2.23. The summed E-state index contributed by atoms with van der Waals surface area (Å²) in [4.78, 5) is 37.4. The molecule has 7 aromatic rings. The molecular weight excluding hydrogens is 708 g/mol. The van der Waals surface area contributed by atoms with Gasteiger partial charge in [0, 0.05) is 28.3 Å². The predicted octanol–water partition coefficient (Wildman–Crippen LogP) is 6.92. The lowest BCUT2D eigenvalue weighted by atomic mass is 10.1. The number of nitrogens with zero attached hydrogens (tertiary/aromatic N) is 5. The average Bonchev–Trinajstić information content (AvgIpc) is 4.00. The first-order valence-corrected chi connectivity index (χ1v) is 17.4. The molecule has 6 N–H and O–H groups in total. The number of nitrogens with one attached hydrogen (secondary N) is 3. The third kappa shape index (κ3) is 10.1. The molecular formula is C39H38N8O8. The van der Waals surface area contributed by atoms with Gasteiger partial charge in [-0.25, -0.2) is 19.3 Å². The lowest BCUT2D eigenvalue weighted by Crippen LogP contribution is -2.18. The molecule has 4 aromatic heterocycles. The molecule has 55 heavy (non-hydrogen) atoms. The second kappa shape index (κ2) is 18.1. The molecule has 1 saturated heterocycles. The number of hydrogen-bond acceptors (Lipinski definition) is 10. The maximum absolute atomic E-state index is 12.0. The lowest BCUT2D eigenvalue weighted by molar-refractivity contribution is -0.0366. The highest BCUT2D eigenvalue weighted by Crippen LogP contribution is 2.26. The summed E-state index contributed by atoms with van der Waals surface area (Å²) in [5.41, 5.74) is 3.73. The van der Waals surface area contributed by atoms with Crippen molar-refractivity contribution < 1.29 is 39.2 Å². The minimum absolute atomic E-state index is 0.0214. The van der Waals surface area contributed by atoms with E-state index >= 15 is 0 Å². The van der Waals surface area contributed by atoms with Gasteiger partial charge in [-0.1, -0.05) is 0 Å². The monoisotopic (exact) mass is 746 g/mol. The van der Waals surface area contributed by atoms with Crippen LogP contribution in [-0.4, -0.2) is 81.5 Å². The molecule has 1 atom stereocenters. The van der Waals surface area contributed by atoms with Gasteiger partial charge in [-0.3, -0.25) is 15.0 Å². The molecule has 3 aromatic carbocycles. The summed E-state index contributed by atoms with van der Waals surface area (Å²) in [6.45, 7) is 1.68. The number of rotatable bonds is 5. The Hall–Kier alpha value is -7.07. The van der Waals surface area contributed by atoms with Crippen LogP contribution in [0.3, 0.4) is 0 Å². The quantitative estimate of drug-likeness (QED) is 0.105. The number of aromatic carboxylic acids is 2. The first-order valence-electron chi connectivity index (χ1n) is 17.4. The number of fused-ring (bicyclic) bond motifs is 3. The van der Waals surface area contributed by atoms with Crippen LogP contribution in [-0.2, 0) is 9.47 Å². The molecule has 2 aliphatic rings. The molecule has 0 spiro atoms. The molecule has 16 heteroatoms. The minimum Gasteiger partial charge on any atom is -0.506 e. The number of amides is 1. The van der Waals surface area contributed by atoms with Crippen LogP contribution in [0.25, 0.3) is 32.7 Å². The summed E-state index contributed by atoms with van der Waals surface area (Å²) in [7, 11) is 0. The summed E-state index contributed by atoms with van der Waals surface area (Å²) < 4.78 is 12.4. The highest BCUT2D eigenvalue weighted by Gasteiger charge is 2.19.